The Hall–Kier alpha value is -3.01. The van der Waals surface area contributed by atoms with Gasteiger partial charge in [0.25, 0.3) is 11.8 Å². The maximum atomic E-state index is 13.0. The summed E-state index contributed by atoms with van der Waals surface area (Å²) in [5.74, 6) is 0.397. The van der Waals surface area contributed by atoms with E-state index in [1.807, 2.05) is 9.58 Å². The molecule has 0 spiro atoms. The minimum absolute atomic E-state index is 0.0579. The van der Waals surface area contributed by atoms with Crippen LogP contribution in [-0.4, -0.2) is 88.5 Å². The van der Waals surface area contributed by atoms with Gasteiger partial charge in [0.1, 0.15) is 0 Å². The number of methoxy groups -OCH3 is 1. The smallest absolute Gasteiger partial charge is 0.271 e. The standard InChI is InChI=1S/C20H27N7O3/c1-25-7-9-26(10-8-25)20(29)15-13-22-27-6-5-14(11-17(15)27)12-21-19(28)16-3-4-18(30-2)24-23-16/h3-4,13-14H,5-12H2,1-2H3,(H,21,28)/t14-/m0/s1. The largest absolute Gasteiger partial charge is 0.480 e. The number of fused-ring (bicyclic) bond motifs is 1. The highest BCUT2D eigenvalue weighted by Crippen LogP contribution is 2.24. The molecule has 2 aromatic rings. The van der Waals surface area contributed by atoms with Crippen LogP contribution in [0.15, 0.2) is 18.3 Å². The number of aromatic nitrogens is 4. The SMILES string of the molecule is COc1ccc(C(=O)NC[C@H]2CCn3ncc(C(=O)N4CCN(C)CC4)c3C2)nn1. The normalized spacial score (nSPS) is 19.3. The molecule has 2 aliphatic heterocycles. The maximum Gasteiger partial charge on any atom is 0.271 e. The molecule has 10 heteroatoms. The number of piperazine rings is 1. The molecular formula is C20H27N7O3. The van der Waals surface area contributed by atoms with Gasteiger partial charge in [-0.05, 0) is 31.9 Å². The number of amides is 2. The molecule has 30 heavy (non-hydrogen) atoms. The van der Waals surface area contributed by atoms with Crippen LogP contribution in [0.25, 0.3) is 0 Å². The second-order valence-electron chi connectivity index (χ2n) is 7.85. The summed E-state index contributed by atoms with van der Waals surface area (Å²) in [5.41, 5.74) is 1.91. The van der Waals surface area contributed by atoms with Gasteiger partial charge in [-0.1, -0.05) is 0 Å². The molecule has 1 fully saturated rings. The fourth-order valence-electron chi connectivity index (χ4n) is 3.91. The Morgan fingerprint density at radius 3 is 2.67 bits per heavy atom. The van der Waals surface area contributed by atoms with E-state index in [1.54, 1.807) is 18.3 Å². The molecule has 1 N–H and O–H groups in total. The molecule has 0 radical (unpaired) electrons. The van der Waals surface area contributed by atoms with E-state index in [-0.39, 0.29) is 23.4 Å². The minimum atomic E-state index is -0.266. The van der Waals surface area contributed by atoms with E-state index in [4.69, 9.17) is 4.74 Å². The molecular weight excluding hydrogens is 386 g/mol. The molecule has 4 rings (SSSR count). The van der Waals surface area contributed by atoms with Crippen LogP contribution in [0.3, 0.4) is 0 Å². The number of nitrogens with zero attached hydrogens (tertiary/aromatic N) is 6. The quantitative estimate of drug-likeness (QED) is 0.739. The topological polar surface area (TPSA) is 105 Å². The molecule has 0 saturated carbocycles. The molecule has 2 aliphatic rings. The molecule has 2 aromatic heterocycles. The Balaban J connectivity index is 1.36. The van der Waals surface area contributed by atoms with Gasteiger partial charge in [0.05, 0.1) is 24.6 Å². The van der Waals surface area contributed by atoms with Crippen LogP contribution in [0.5, 0.6) is 5.88 Å². The number of hydrogen-bond donors (Lipinski definition) is 1. The third-order valence-corrected chi connectivity index (χ3v) is 5.83. The molecule has 160 valence electrons. The van der Waals surface area contributed by atoms with Gasteiger partial charge in [-0.25, -0.2) is 0 Å². The van der Waals surface area contributed by atoms with Crippen LogP contribution in [0.1, 0.15) is 33.0 Å². The van der Waals surface area contributed by atoms with Crippen molar-refractivity contribution in [2.24, 2.45) is 5.92 Å². The average Bonchev–Trinajstić information content (AvgIpc) is 3.21. The third kappa shape index (κ3) is 4.28. The first kappa shape index (κ1) is 20.3. The van der Waals surface area contributed by atoms with E-state index in [2.05, 4.69) is 32.6 Å². The molecule has 0 aromatic carbocycles. The Labute approximate surface area is 175 Å². The Bertz CT molecular complexity index is 904. The van der Waals surface area contributed by atoms with Crippen molar-refractivity contribution < 1.29 is 14.3 Å². The van der Waals surface area contributed by atoms with Crippen molar-refractivity contribution in [3.8, 4) is 5.88 Å². The number of hydrogen-bond acceptors (Lipinski definition) is 7. The summed E-state index contributed by atoms with van der Waals surface area (Å²) in [7, 11) is 3.57. The van der Waals surface area contributed by atoms with E-state index in [0.29, 0.717) is 24.4 Å². The highest BCUT2D eigenvalue weighted by atomic mass is 16.5. The number of carbonyl (C=O) groups is 2. The molecule has 0 bridgehead atoms. The third-order valence-electron chi connectivity index (χ3n) is 5.83. The molecule has 1 atom stereocenters. The Morgan fingerprint density at radius 1 is 1.17 bits per heavy atom. The lowest BCUT2D eigenvalue weighted by molar-refractivity contribution is 0.0661. The number of rotatable bonds is 5. The zero-order valence-corrected chi connectivity index (χ0v) is 17.4. The van der Waals surface area contributed by atoms with Crippen LogP contribution >= 0.6 is 0 Å². The van der Waals surface area contributed by atoms with Crippen molar-refractivity contribution in [1.82, 2.24) is 35.1 Å². The summed E-state index contributed by atoms with van der Waals surface area (Å²) in [6.07, 6.45) is 3.30. The zero-order chi connectivity index (χ0) is 21.1. The fraction of sp³-hybridized carbons (Fsp3) is 0.550. The second-order valence-corrected chi connectivity index (χ2v) is 7.85. The molecule has 1 saturated heterocycles. The molecule has 4 heterocycles. The number of carbonyl (C=O) groups excluding carboxylic acids is 2. The van der Waals surface area contributed by atoms with Gasteiger partial charge in [-0.2, -0.15) is 5.10 Å². The summed E-state index contributed by atoms with van der Waals surface area (Å²) >= 11 is 0. The van der Waals surface area contributed by atoms with E-state index in [9.17, 15) is 9.59 Å². The molecule has 0 aliphatic carbocycles. The fourth-order valence-corrected chi connectivity index (χ4v) is 3.91. The van der Waals surface area contributed by atoms with Crippen LogP contribution in [0, 0.1) is 5.92 Å². The maximum absolute atomic E-state index is 13.0. The monoisotopic (exact) mass is 413 g/mol. The Kier molecular flexibility index (Phi) is 5.93. The van der Waals surface area contributed by atoms with Crippen molar-refractivity contribution in [2.45, 2.75) is 19.4 Å². The summed E-state index contributed by atoms with van der Waals surface area (Å²) in [6, 6.07) is 3.20. The second kappa shape index (κ2) is 8.78. The molecule has 10 nitrogen and oxygen atoms in total. The highest BCUT2D eigenvalue weighted by Gasteiger charge is 2.29. The lowest BCUT2D eigenvalue weighted by Crippen LogP contribution is -2.47. The van der Waals surface area contributed by atoms with Gasteiger partial charge in [0, 0.05) is 45.3 Å². The van der Waals surface area contributed by atoms with E-state index in [1.165, 1.54) is 7.11 Å². The van der Waals surface area contributed by atoms with Crippen molar-refractivity contribution >= 4 is 11.8 Å². The lowest BCUT2D eigenvalue weighted by Gasteiger charge is -2.32. The average molecular weight is 413 g/mol. The predicted octanol–water partition coefficient (Wildman–Crippen LogP) is 0.0617. The number of ether oxygens (including phenoxy) is 1. The first-order valence-electron chi connectivity index (χ1n) is 10.2. The summed E-state index contributed by atoms with van der Waals surface area (Å²) in [5, 5.41) is 15.1. The minimum Gasteiger partial charge on any atom is -0.480 e. The lowest BCUT2D eigenvalue weighted by atomic mass is 9.94. The van der Waals surface area contributed by atoms with Gasteiger partial charge < -0.3 is 19.9 Å². The molecule has 0 unspecified atom stereocenters. The van der Waals surface area contributed by atoms with Gasteiger partial charge in [-0.3, -0.25) is 14.3 Å². The van der Waals surface area contributed by atoms with Crippen molar-refractivity contribution in [2.75, 3.05) is 46.9 Å². The van der Waals surface area contributed by atoms with E-state index < -0.39 is 0 Å². The van der Waals surface area contributed by atoms with Crippen LogP contribution < -0.4 is 10.1 Å². The number of likely N-dealkylation sites (N-methyl/N-ethyl adjacent to an activating group) is 1. The van der Waals surface area contributed by atoms with Gasteiger partial charge in [0.2, 0.25) is 5.88 Å². The highest BCUT2D eigenvalue weighted by molar-refractivity contribution is 5.95. The Morgan fingerprint density at radius 2 is 1.97 bits per heavy atom. The predicted molar refractivity (Wildman–Crippen MR) is 108 cm³/mol. The molecule has 2 amide bonds. The van der Waals surface area contributed by atoms with Crippen LogP contribution in [0.4, 0.5) is 0 Å². The zero-order valence-electron chi connectivity index (χ0n) is 17.4. The number of nitrogens with one attached hydrogen (secondary N) is 1. The van der Waals surface area contributed by atoms with Crippen LogP contribution in [0.2, 0.25) is 0 Å². The van der Waals surface area contributed by atoms with E-state index >= 15 is 0 Å². The van der Waals surface area contributed by atoms with Crippen molar-refractivity contribution in [3.05, 3.63) is 35.3 Å². The summed E-state index contributed by atoms with van der Waals surface area (Å²) in [6.45, 7) is 4.51. The van der Waals surface area contributed by atoms with Gasteiger partial charge >= 0.3 is 0 Å². The summed E-state index contributed by atoms with van der Waals surface area (Å²) < 4.78 is 6.89. The first-order valence-corrected chi connectivity index (χ1v) is 10.2. The number of aryl methyl sites for hydroxylation is 1. The van der Waals surface area contributed by atoms with Crippen molar-refractivity contribution in [1.29, 1.82) is 0 Å². The first-order chi connectivity index (χ1) is 14.5. The summed E-state index contributed by atoms with van der Waals surface area (Å²) in [4.78, 5) is 29.5. The van der Waals surface area contributed by atoms with Crippen LogP contribution in [-0.2, 0) is 13.0 Å². The van der Waals surface area contributed by atoms with Crippen molar-refractivity contribution in [3.63, 3.8) is 0 Å². The van der Waals surface area contributed by atoms with E-state index in [0.717, 1.165) is 44.8 Å². The van der Waals surface area contributed by atoms with Gasteiger partial charge in [0.15, 0.2) is 5.69 Å². The van der Waals surface area contributed by atoms with Gasteiger partial charge in [-0.15, -0.1) is 10.2 Å².